The van der Waals surface area contributed by atoms with E-state index < -0.39 is 6.10 Å². The Hall–Kier alpha value is -2.11. The van der Waals surface area contributed by atoms with Gasteiger partial charge in [-0.25, -0.2) is 0 Å². The molecule has 1 unspecified atom stereocenters. The average molecular weight is 396 g/mol. The minimum absolute atomic E-state index is 0.200. The van der Waals surface area contributed by atoms with Crippen molar-refractivity contribution in [1.82, 2.24) is 5.32 Å². The number of hydrogen-bond acceptors (Lipinski definition) is 4. The quantitative estimate of drug-likeness (QED) is 0.805. The van der Waals surface area contributed by atoms with E-state index in [0.717, 1.165) is 5.56 Å². The third-order valence-electron chi connectivity index (χ3n) is 3.85. The van der Waals surface area contributed by atoms with Crippen LogP contribution in [-0.4, -0.2) is 31.8 Å². The van der Waals surface area contributed by atoms with E-state index in [1.165, 1.54) is 0 Å². The molecule has 0 aliphatic carbocycles. The highest BCUT2D eigenvalue weighted by atomic mass is 35.5. The van der Waals surface area contributed by atoms with E-state index in [4.69, 9.17) is 37.4 Å². The molecule has 0 saturated carbocycles. The molecule has 0 aromatic heterocycles. The highest BCUT2D eigenvalue weighted by Gasteiger charge is 2.17. The Balaban J connectivity index is 1.51. The van der Waals surface area contributed by atoms with Crippen molar-refractivity contribution in [2.45, 2.75) is 19.4 Å². The average Bonchev–Trinajstić information content (AvgIpc) is 2.61. The van der Waals surface area contributed by atoms with Gasteiger partial charge in [0, 0.05) is 11.6 Å². The Morgan fingerprint density at radius 2 is 2.04 bits per heavy atom. The lowest BCUT2D eigenvalue weighted by atomic mass is 10.1. The summed E-state index contributed by atoms with van der Waals surface area (Å²) >= 11 is 12.1. The maximum absolute atomic E-state index is 12.2. The van der Waals surface area contributed by atoms with Crippen molar-refractivity contribution in [3.8, 4) is 17.2 Å². The summed E-state index contributed by atoms with van der Waals surface area (Å²) in [4.78, 5) is 12.2. The summed E-state index contributed by atoms with van der Waals surface area (Å²) in [6.45, 7) is 3.14. The molecule has 0 spiro atoms. The second-order valence-electron chi connectivity index (χ2n) is 5.86. The Labute approximate surface area is 162 Å². The summed E-state index contributed by atoms with van der Waals surface area (Å²) < 4.78 is 16.7. The Kier molecular flexibility index (Phi) is 6.12. The van der Waals surface area contributed by atoms with E-state index in [1.807, 2.05) is 12.1 Å². The summed E-state index contributed by atoms with van der Waals surface area (Å²) in [7, 11) is 0. The maximum Gasteiger partial charge on any atom is 0.260 e. The first-order valence-electron chi connectivity index (χ1n) is 8.31. The van der Waals surface area contributed by atoms with Gasteiger partial charge in [-0.2, -0.15) is 0 Å². The van der Waals surface area contributed by atoms with Crippen LogP contribution in [0.3, 0.4) is 0 Å². The number of nitrogens with one attached hydrogen (secondary N) is 1. The molecule has 1 N–H and O–H groups in total. The maximum atomic E-state index is 12.2. The fourth-order valence-corrected chi connectivity index (χ4v) is 3.05. The van der Waals surface area contributed by atoms with Crippen molar-refractivity contribution in [2.24, 2.45) is 0 Å². The first-order valence-corrected chi connectivity index (χ1v) is 9.06. The zero-order chi connectivity index (χ0) is 18.5. The van der Waals surface area contributed by atoms with Crippen LogP contribution in [0.2, 0.25) is 10.0 Å². The summed E-state index contributed by atoms with van der Waals surface area (Å²) in [6, 6.07) is 10.7. The van der Waals surface area contributed by atoms with Crippen molar-refractivity contribution in [1.29, 1.82) is 0 Å². The Morgan fingerprint density at radius 3 is 2.85 bits per heavy atom. The van der Waals surface area contributed by atoms with Gasteiger partial charge in [-0.3, -0.25) is 4.79 Å². The lowest BCUT2D eigenvalue weighted by molar-refractivity contribution is -0.127. The molecule has 1 heterocycles. The van der Waals surface area contributed by atoms with Gasteiger partial charge >= 0.3 is 0 Å². The van der Waals surface area contributed by atoms with E-state index in [-0.39, 0.29) is 5.91 Å². The number of fused-ring (bicyclic) bond motifs is 1. The Morgan fingerprint density at radius 1 is 1.23 bits per heavy atom. The minimum atomic E-state index is -0.627. The minimum Gasteiger partial charge on any atom is -0.486 e. The van der Waals surface area contributed by atoms with Crippen molar-refractivity contribution in [3.05, 3.63) is 52.0 Å². The largest absolute Gasteiger partial charge is 0.486 e. The van der Waals surface area contributed by atoms with Crippen molar-refractivity contribution in [2.75, 3.05) is 19.8 Å². The monoisotopic (exact) mass is 395 g/mol. The topological polar surface area (TPSA) is 56.8 Å². The Bertz CT molecular complexity index is 797. The first kappa shape index (κ1) is 18.7. The van der Waals surface area contributed by atoms with E-state index in [0.29, 0.717) is 53.5 Å². The number of hydrogen-bond donors (Lipinski definition) is 1. The van der Waals surface area contributed by atoms with E-state index in [2.05, 4.69) is 5.32 Å². The molecule has 1 aliphatic heterocycles. The number of halogens is 2. The summed E-state index contributed by atoms with van der Waals surface area (Å²) in [5.41, 5.74) is 0.961. The van der Waals surface area contributed by atoms with Gasteiger partial charge in [-0.05, 0) is 49.2 Å². The molecular weight excluding hydrogens is 377 g/mol. The van der Waals surface area contributed by atoms with Crippen LogP contribution in [0.1, 0.15) is 12.5 Å². The SMILES string of the molecule is CC(Oc1cccc(Cl)c1)C(=O)NCCc1cc(Cl)c2c(c1)OCCO2. The second kappa shape index (κ2) is 8.52. The molecule has 0 saturated heterocycles. The van der Waals surface area contributed by atoms with Gasteiger partial charge in [0.15, 0.2) is 17.6 Å². The molecule has 2 aromatic rings. The van der Waals surface area contributed by atoms with Gasteiger partial charge in [0.1, 0.15) is 19.0 Å². The van der Waals surface area contributed by atoms with E-state index >= 15 is 0 Å². The number of rotatable bonds is 6. The van der Waals surface area contributed by atoms with Crippen LogP contribution in [0.25, 0.3) is 0 Å². The van der Waals surface area contributed by atoms with Crippen LogP contribution in [0, 0.1) is 0 Å². The summed E-state index contributed by atoms with van der Waals surface area (Å²) in [6.07, 6.45) is -0.0104. The number of ether oxygens (including phenoxy) is 3. The molecule has 138 valence electrons. The summed E-state index contributed by atoms with van der Waals surface area (Å²) in [5.74, 6) is 1.57. The molecule has 0 fully saturated rings. The molecule has 1 atom stereocenters. The first-order chi connectivity index (χ1) is 12.5. The van der Waals surface area contributed by atoms with Gasteiger partial charge in [0.2, 0.25) is 0 Å². The fraction of sp³-hybridized carbons (Fsp3) is 0.316. The number of carbonyl (C=O) groups excluding carboxylic acids is 1. The van der Waals surface area contributed by atoms with Gasteiger partial charge in [0.25, 0.3) is 5.91 Å². The predicted molar refractivity (Wildman–Crippen MR) is 101 cm³/mol. The van der Waals surface area contributed by atoms with E-state index in [9.17, 15) is 4.79 Å². The van der Waals surface area contributed by atoms with Crippen molar-refractivity contribution < 1.29 is 19.0 Å². The number of benzene rings is 2. The number of amides is 1. The van der Waals surface area contributed by atoms with Gasteiger partial charge in [0.05, 0.1) is 5.02 Å². The van der Waals surface area contributed by atoms with Gasteiger partial charge < -0.3 is 19.5 Å². The molecule has 0 bridgehead atoms. The van der Waals surface area contributed by atoms with Crippen LogP contribution in [-0.2, 0) is 11.2 Å². The molecule has 3 rings (SSSR count). The number of carbonyl (C=O) groups is 1. The lowest BCUT2D eigenvalue weighted by Gasteiger charge is -2.20. The molecule has 1 amide bonds. The molecule has 7 heteroatoms. The smallest absolute Gasteiger partial charge is 0.260 e. The molecule has 0 radical (unpaired) electrons. The molecule has 26 heavy (non-hydrogen) atoms. The van der Waals surface area contributed by atoms with Gasteiger partial charge in [-0.15, -0.1) is 0 Å². The van der Waals surface area contributed by atoms with E-state index in [1.54, 1.807) is 31.2 Å². The highest BCUT2D eigenvalue weighted by molar-refractivity contribution is 6.32. The van der Waals surface area contributed by atoms with Crippen LogP contribution in [0.15, 0.2) is 36.4 Å². The predicted octanol–water partition coefficient (Wildman–Crippen LogP) is 3.89. The van der Waals surface area contributed by atoms with Crippen molar-refractivity contribution in [3.63, 3.8) is 0 Å². The van der Waals surface area contributed by atoms with Crippen LogP contribution in [0.4, 0.5) is 0 Å². The third-order valence-corrected chi connectivity index (χ3v) is 4.36. The standard InChI is InChI=1S/C19H19Cl2NO4/c1-12(26-15-4-2-3-14(20)11-15)19(23)22-6-5-13-9-16(21)18-17(10-13)24-7-8-25-18/h2-4,9-12H,5-8H2,1H3,(H,22,23). The molecular formula is C19H19Cl2NO4. The third kappa shape index (κ3) is 4.74. The second-order valence-corrected chi connectivity index (χ2v) is 6.70. The normalized spacial score (nSPS) is 13.8. The zero-order valence-corrected chi connectivity index (χ0v) is 15.8. The van der Waals surface area contributed by atoms with Crippen LogP contribution >= 0.6 is 23.2 Å². The highest BCUT2D eigenvalue weighted by Crippen LogP contribution is 2.38. The van der Waals surface area contributed by atoms with Crippen LogP contribution in [0.5, 0.6) is 17.2 Å². The lowest BCUT2D eigenvalue weighted by Crippen LogP contribution is -2.37. The van der Waals surface area contributed by atoms with Crippen molar-refractivity contribution >= 4 is 29.1 Å². The molecule has 1 aliphatic rings. The fourth-order valence-electron chi connectivity index (χ4n) is 2.58. The zero-order valence-electron chi connectivity index (χ0n) is 14.3. The summed E-state index contributed by atoms with van der Waals surface area (Å²) in [5, 5.41) is 3.93. The molecule has 2 aromatic carbocycles. The molecule has 5 nitrogen and oxygen atoms in total. The van der Waals surface area contributed by atoms with Gasteiger partial charge in [-0.1, -0.05) is 29.3 Å². The van der Waals surface area contributed by atoms with Crippen LogP contribution < -0.4 is 19.5 Å².